The van der Waals surface area contributed by atoms with Crippen LogP contribution in [-0.4, -0.2) is 18.4 Å². The number of aromatic nitrogens is 2. The van der Waals surface area contributed by atoms with Gasteiger partial charge in [0.1, 0.15) is 10.7 Å². The highest BCUT2D eigenvalue weighted by Crippen LogP contribution is 2.23. The van der Waals surface area contributed by atoms with E-state index >= 15 is 0 Å². The van der Waals surface area contributed by atoms with Gasteiger partial charge >= 0.3 is 0 Å². The molecule has 18 heavy (non-hydrogen) atoms. The molecule has 4 nitrogen and oxygen atoms in total. The summed E-state index contributed by atoms with van der Waals surface area (Å²) in [6, 6.07) is 10.3. The van der Waals surface area contributed by atoms with Crippen molar-refractivity contribution in [3.8, 4) is 0 Å². The van der Waals surface area contributed by atoms with E-state index < -0.39 is 9.84 Å². The number of fused-ring (bicyclic) bond motifs is 1. The Hall–Kier alpha value is -2.01. The van der Waals surface area contributed by atoms with Crippen molar-refractivity contribution >= 4 is 20.9 Å². The van der Waals surface area contributed by atoms with E-state index in [1.54, 1.807) is 36.5 Å². The topological polar surface area (TPSA) is 65.7 Å². The van der Waals surface area contributed by atoms with Crippen LogP contribution in [0.2, 0.25) is 0 Å². The third-order valence-electron chi connectivity index (χ3n) is 2.93. The molecule has 2 aromatic heterocycles. The van der Waals surface area contributed by atoms with Crippen LogP contribution in [0.25, 0.3) is 11.0 Å². The normalized spacial score (nSPS) is 12.1. The van der Waals surface area contributed by atoms with Crippen LogP contribution in [0.15, 0.2) is 52.5 Å². The molecular formula is C13H12N2O2S. The lowest BCUT2D eigenvalue weighted by atomic mass is 10.2. The van der Waals surface area contributed by atoms with Gasteiger partial charge in [0, 0.05) is 11.6 Å². The summed E-state index contributed by atoms with van der Waals surface area (Å²) >= 11 is 0. The predicted molar refractivity (Wildman–Crippen MR) is 69.3 cm³/mol. The van der Waals surface area contributed by atoms with Gasteiger partial charge < -0.3 is 9.97 Å². The molecule has 92 valence electrons. The second-order valence-electron chi connectivity index (χ2n) is 4.26. The van der Waals surface area contributed by atoms with Crippen molar-refractivity contribution in [3.63, 3.8) is 0 Å². The standard InChI is InChI=1S/C13H12N2O2S/c1-9-2-4-11(5-3-9)18(16,17)12-8-10-6-7-14-13(10)15-12/h2-8,14-15H,1H3. The average Bonchev–Trinajstić information content (AvgIpc) is 2.89. The number of hydrogen-bond acceptors (Lipinski definition) is 2. The van der Waals surface area contributed by atoms with Gasteiger partial charge in [0.05, 0.1) is 4.90 Å². The maximum absolute atomic E-state index is 12.4. The van der Waals surface area contributed by atoms with Crippen molar-refractivity contribution in [2.24, 2.45) is 0 Å². The molecule has 0 aliphatic heterocycles. The van der Waals surface area contributed by atoms with Crippen molar-refractivity contribution in [3.05, 3.63) is 48.2 Å². The largest absolute Gasteiger partial charge is 0.348 e. The Bertz CT molecular complexity index is 767. The monoisotopic (exact) mass is 260 g/mol. The zero-order valence-corrected chi connectivity index (χ0v) is 10.6. The molecule has 0 amide bonds. The van der Waals surface area contributed by atoms with Gasteiger partial charge in [-0.1, -0.05) is 17.7 Å². The first-order chi connectivity index (χ1) is 8.57. The molecule has 0 spiro atoms. The summed E-state index contributed by atoms with van der Waals surface area (Å²) in [4.78, 5) is 6.14. The summed E-state index contributed by atoms with van der Waals surface area (Å²) in [6.45, 7) is 1.92. The van der Waals surface area contributed by atoms with Crippen LogP contribution >= 0.6 is 0 Å². The molecule has 0 unspecified atom stereocenters. The first-order valence-corrected chi connectivity index (χ1v) is 7.03. The number of benzene rings is 1. The van der Waals surface area contributed by atoms with E-state index in [9.17, 15) is 8.42 Å². The summed E-state index contributed by atoms with van der Waals surface area (Å²) < 4.78 is 24.7. The van der Waals surface area contributed by atoms with E-state index in [0.29, 0.717) is 4.90 Å². The van der Waals surface area contributed by atoms with Crippen LogP contribution in [0.1, 0.15) is 5.56 Å². The Labute approximate surface area is 105 Å². The Kier molecular flexibility index (Phi) is 2.31. The van der Waals surface area contributed by atoms with E-state index in [2.05, 4.69) is 9.97 Å². The molecule has 3 rings (SSSR count). The molecule has 2 N–H and O–H groups in total. The fourth-order valence-corrected chi connectivity index (χ4v) is 3.17. The molecule has 0 atom stereocenters. The molecule has 1 aromatic carbocycles. The van der Waals surface area contributed by atoms with Crippen molar-refractivity contribution < 1.29 is 8.42 Å². The van der Waals surface area contributed by atoms with Crippen LogP contribution in [0.4, 0.5) is 0 Å². The number of H-pyrrole nitrogens is 2. The highest BCUT2D eigenvalue weighted by Gasteiger charge is 2.19. The molecule has 0 saturated carbocycles. The van der Waals surface area contributed by atoms with Crippen LogP contribution < -0.4 is 0 Å². The van der Waals surface area contributed by atoms with Gasteiger partial charge in [-0.05, 0) is 31.2 Å². The lowest BCUT2D eigenvalue weighted by molar-refractivity contribution is 0.593. The summed E-state index contributed by atoms with van der Waals surface area (Å²) in [7, 11) is -3.46. The number of hydrogen-bond donors (Lipinski definition) is 2. The summed E-state index contributed by atoms with van der Waals surface area (Å²) in [5.74, 6) is 0. The minimum atomic E-state index is -3.46. The van der Waals surface area contributed by atoms with Gasteiger partial charge in [-0.25, -0.2) is 8.42 Å². The maximum Gasteiger partial charge on any atom is 0.221 e. The third kappa shape index (κ3) is 1.64. The molecule has 0 aliphatic carbocycles. The third-order valence-corrected chi connectivity index (χ3v) is 4.63. The first kappa shape index (κ1) is 11.1. The highest BCUT2D eigenvalue weighted by molar-refractivity contribution is 7.91. The van der Waals surface area contributed by atoms with Crippen LogP contribution in [0, 0.1) is 6.92 Å². The smallest absolute Gasteiger partial charge is 0.221 e. The quantitative estimate of drug-likeness (QED) is 0.744. The van der Waals surface area contributed by atoms with E-state index in [1.165, 1.54) is 0 Å². The summed E-state index contributed by atoms with van der Waals surface area (Å²) in [6.07, 6.45) is 1.77. The minimum absolute atomic E-state index is 0.216. The molecule has 0 saturated heterocycles. The lowest BCUT2D eigenvalue weighted by Crippen LogP contribution is -2.02. The van der Waals surface area contributed by atoms with Crippen LogP contribution in [-0.2, 0) is 9.84 Å². The number of nitrogens with one attached hydrogen (secondary N) is 2. The predicted octanol–water partition coefficient (Wildman–Crippen LogP) is 2.64. The molecule has 0 fully saturated rings. The number of sulfone groups is 1. The van der Waals surface area contributed by atoms with E-state index in [0.717, 1.165) is 16.6 Å². The number of rotatable bonds is 2. The average molecular weight is 260 g/mol. The molecule has 0 bridgehead atoms. The minimum Gasteiger partial charge on any atom is -0.348 e. The van der Waals surface area contributed by atoms with Gasteiger partial charge in [-0.15, -0.1) is 0 Å². The van der Waals surface area contributed by atoms with Crippen LogP contribution in [0.5, 0.6) is 0 Å². The van der Waals surface area contributed by atoms with E-state index in [-0.39, 0.29) is 5.03 Å². The Morgan fingerprint density at radius 1 is 1.06 bits per heavy atom. The van der Waals surface area contributed by atoms with Crippen LogP contribution in [0.3, 0.4) is 0 Å². The highest BCUT2D eigenvalue weighted by atomic mass is 32.2. The fourth-order valence-electron chi connectivity index (χ4n) is 1.90. The molecule has 0 radical (unpaired) electrons. The van der Waals surface area contributed by atoms with Crippen molar-refractivity contribution in [2.75, 3.05) is 0 Å². The zero-order valence-electron chi connectivity index (χ0n) is 9.77. The second kappa shape index (κ2) is 3.74. The lowest BCUT2D eigenvalue weighted by Gasteiger charge is -2.02. The number of aryl methyl sites for hydroxylation is 1. The SMILES string of the molecule is Cc1ccc(S(=O)(=O)c2cc3cc[nH]c3[nH]2)cc1. The molecule has 0 aliphatic rings. The van der Waals surface area contributed by atoms with E-state index in [4.69, 9.17) is 0 Å². The van der Waals surface area contributed by atoms with Gasteiger partial charge in [0.25, 0.3) is 0 Å². The summed E-state index contributed by atoms with van der Waals surface area (Å²) in [5.41, 5.74) is 1.76. The van der Waals surface area contributed by atoms with Gasteiger partial charge in [0.2, 0.25) is 9.84 Å². The fraction of sp³-hybridized carbons (Fsp3) is 0.0769. The molecule has 5 heteroatoms. The first-order valence-electron chi connectivity index (χ1n) is 5.55. The zero-order chi connectivity index (χ0) is 12.8. The Morgan fingerprint density at radius 3 is 2.44 bits per heavy atom. The van der Waals surface area contributed by atoms with Crippen molar-refractivity contribution in [2.45, 2.75) is 16.8 Å². The molecule has 2 heterocycles. The van der Waals surface area contributed by atoms with Gasteiger partial charge in [0.15, 0.2) is 0 Å². The Morgan fingerprint density at radius 2 is 1.78 bits per heavy atom. The number of aromatic amines is 2. The Balaban J connectivity index is 2.14. The summed E-state index contributed by atoms with van der Waals surface area (Å²) in [5, 5.41) is 1.08. The molecular weight excluding hydrogens is 248 g/mol. The van der Waals surface area contributed by atoms with E-state index in [1.807, 2.05) is 13.0 Å². The molecule has 3 aromatic rings. The second-order valence-corrected chi connectivity index (χ2v) is 6.18. The van der Waals surface area contributed by atoms with Gasteiger partial charge in [-0.3, -0.25) is 0 Å². The van der Waals surface area contributed by atoms with Gasteiger partial charge in [-0.2, -0.15) is 0 Å². The van der Waals surface area contributed by atoms with Crippen molar-refractivity contribution in [1.82, 2.24) is 9.97 Å². The van der Waals surface area contributed by atoms with Crippen molar-refractivity contribution in [1.29, 1.82) is 0 Å². The maximum atomic E-state index is 12.4.